The fourth-order valence-corrected chi connectivity index (χ4v) is 5.45. The summed E-state index contributed by atoms with van der Waals surface area (Å²) in [4.78, 5) is 0. The maximum Gasteiger partial charge on any atom is 0.187 e. The highest BCUT2D eigenvalue weighted by Gasteiger charge is 2.53. The Morgan fingerprint density at radius 1 is 0.581 bits per heavy atom. The molecule has 0 unspecified atom stereocenters. The van der Waals surface area contributed by atoms with E-state index in [0.717, 1.165) is 19.4 Å². The molecular formula is C28H53NO14. The summed E-state index contributed by atoms with van der Waals surface area (Å²) >= 11 is 0. The van der Waals surface area contributed by atoms with Gasteiger partial charge in [-0.1, -0.05) is 39.0 Å². The molecule has 0 aromatic rings. The minimum Gasteiger partial charge on any atom is -0.394 e. The van der Waals surface area contributed by atoms with Gasteiger partial charge in [-0.05, 0) is 26.8 Å². The van der Waals surface area contributed by atoms with Crippen molar-refractivity contribution >= 4 is 0 Å². The summed E-state index contributed by atoms with van der Waals surface area (Å²) in [6.07, 6.45) is -14.2. The lowest BCUT2D eigenvalue weighted by atomic mass is 9.96. The third kappa shape index (κ3) is 9.70. The number of hydrogen-bond donors (Lipinski definition) is 9. The molecule has 0 saturated carbocycles. The van der Waals surface area contributed by atoms with Crippen molar-refractivity contribution in [1.82, 2.24) is 5.32 Å². The van der Waals surface area contributed by atoms with Crippen LogP contribution in [0.5, 0.6) is 0 Å². The van der Waals surface area contributed by atoms with Gasteiger partial charge in [0.25, 0.3) is 0 Å². The van der Waals surface area contributed by atoms with Crippen molar-refractivity contribution in [2.75, 3.05) is 26.3 Å². The number of ether oxygens (including phenoxy) is 6. The number of unbranched alkanes of at least 4 members (excludes halogenated alkanes) is 5. The van der Waals surface area contributed by atoms with Gasteiger partial charge in [-0.25, -0.2) is 0 Å². The van der Waals surface area contributed by atoms with E-state index in [1.807, 2.05) is 0 Å². The number of hydrogen-bond acceptors (Lipinski definition) is 15. The molecule has 0 amide bonds. The van der Waals surface area contributed by atoms with Gasteiger partial charge in [0.05, 0.1) is 25.4 Å². The molecule has 15 heteroatoms. The average Bonchev–Trinajstić information content (AvgIpc) is 2.99. The predicted molar refractivity (Wildman–Crippen MR) is 148 cm³/mol. The van der Waals surface area contributed by atoms with E-state index in [0.29, 0.717) is 6.54 Å². The Labute approximate surface area is 252 Å². The standard InChI is InChI=1S/C28H53NO14/c1-4-5-6-7-8-9-10-29-11-12-38-28-25(43-27-22(36)20(34)18(32)15(3)40-27)23(37)24(16(13-30)41-28)42-26-21(35)19(33)17(31)14(2)39-26/h14-37H,4-13H2,1-3H3/t14-,15-,16+,17-,18-,19+,20+,21+,22+,23-,24+,25+,26-,27-,28+/m0/s1. The number of aliphatic hydroxyl groups is 8. The lowest BCUT2D eigenvalue weighted by molar-refractivity contribution is -0.384. The molecule has 3 aliphatic rings. The molecule has 0 radical (unpaired) electrons. The Morgan fingerprint density at radius 2 is 1.12 bits per heavy atom. The van der Waals surface area contributed by atoms with Crippen LogP contribution >= 0.6 is 0 Å². The van der Waals surface area contributed by atoms with E-state index in [9.17, 15) is 40.9 Å². The molecule has 0 aliphatic carbocycles. The quantitative estimate of drug-likeness (QED) is 0.0803. The van der Waals surface area contributed by atoms with Crippen molar-refractivity contribution in [3.63, 3.8) is 0 Å². The Kier molecular flexibility index (Phi) is 15.4. The maximum atomic E-state index is 11.4. The largest absolute Gasteiger partial charge is 0.394 e. The van der Waals surface area contributed by atoms with Crippen LogP contribution in [-0.2, 0) is 28.4 Å². The van der Waals surface area contributed by atoms with E-state index in [2.05, 4.69) is 12.2 Å². The lowest BCUT2D eigenvalue weighted by Crippen LogP contribution is -2.66. The van der Waals surface area contributed by atoms with Crippen molar-refractivity contribution in [2.45, 2.75) is 151 Å². The van der Waals surface area contributed by atoms with Crippen LogP contribution in [0.4, 0.5) is 0 Å². The fraction of sp³-hybridized carbons (Fsp3) is 1.00. The second kappa shape index (κ2) is 17.9. The first-order valence-corrected chi connectivity index (χ1v) is 15.5. The van der Waals surface area contributed by atoms with Crippen LogP contribution in [0.15, 0.2) is 0 Å². The molecule has 3 rings (SSSR count). The molecule has 0 aromatic heterocycles. The van der Waals surface area contributed by atoms with E-state index >= 15 is 0 Å². The lowest BCUT2D eigenvalue weighted by Gasteiger charge is -2.48. The van der Waals surface area contributed by atoms with Crippen LogP contribution in [0.25, 0.3) is 0 Å². The second-order valence-electron chi connectivity index (χ2n) is 11.7. The van der Waals surface area contributed by atoms with Crippen LogP contribution in [0, 0.1) is 0 Å². The highest BCUT2D eigenvalue weighted by molar-refractivity contribution is 4.96. The Balaban J connectivity index is 1.67. The summed E-state index contributed by atoms with van der Waals surface area (Å²) in [5.41, 5.74) is 0. The Morgan fingerprint density at radius 3 is 1.67 bits per heavy atom. The molecule has 3 saturated heterocycles. The van der Waals surface area contributed by atoms with Crippen LogP contribution < -0.4 is 5.32 Å². The van der Waals surface area contributed by atoms with E-state index in [1.54, 1.807) is 0 Å². The summed E-state index contributed by atoms with van der Waals surface area (Å²) in [7, 11) is 0. The summed E-state index contributed by atoms with van der Waals surface area (Å²) in [5, 5.41) is 86.3. The highest BCUT2D eigenvalue weighted by Crippen LogP contribution is 2.33. The molecule has 0 spiro atoms. The van der Waals surface area contributed by atoms with Crippen molar-refractivity contribution in [3.05, 3.63) is 0 Å². The molecular weight excluding hydrogens is 574 g/mol. The number of rotatable bonds is 16. The molecule has 3 heterocycles. The van der Waals surface area contributed by atoms with Crippen molar-refractivity contribution in [3.8, 4) is 0 Å². The molecule has 0 bridgehead atoms. The molecule has 15 atom stereocenters. The second-order valence-corrected chi connectivity index (χ2v) is 11.7. The minimum atomic E-state index is -1.69. The maximum absolute atomic E-state index is 11.4. The zero-order valence-electron chi connectivity index (χ0n) is 25.3. The van der Waals surface area contributed by atoms with E-state index in [1.165, 1.54) is 39.5 Å². The van der Waals surface area contributed by atoms with Gasteiger partial charge in [0, 0.05) is 6.54 Å². The third-order valence-electron chi connectivity index (χ3n) is 8.26. The molecule has 43 heavy (non-hydrogen) atoms. The molecule has 254 valence electrons. The van der Waals surface area contributed by atoms with Crippen molar-refractivity contribution in [2.24, 2.45) is 0 Å². The van der Waals surface area contributed by atoms with Crippen LogP contribution in [0.2, 0.25) is 0 Å². The van der Waals surface area contributed by atoms with Crippen LogP contribution in [0.1, 0.15) is 59.3 Å². The number of nitrogens with one attached hydrogen (secondary N) is 1. The summed E-state index contributed by atoms with van der Waals surface area (Å²) in [5.74, 6) is 0. The molecule has 3 fully saturated rings. The number of aliphatic hydroxyl groups excluding tert-OH is 8. The van der Waals surface area contributed by atoms with Crippen molar-refractivity contribution in [1.29, 1.82) is 0 Å². The van der Waals surface area contributed by atoms with Crippen LogP contribution in [0.3, 0.4) is 0 Å². The zero-order chi connectivity index (χ0) is 31.7. The van der Waals surface area contributed by atoms with Gasteiger partial charge < -0.3 is 74.6 Å². The molecule has 3 aliphatic heterocycles. The van der Waals surface area contributed by atoms with E-state index < -0.39 is 98.7 Å². The normalized spacial score (nSPS) is 44.0. The monoisotopic (exact) mass is 627 g/mol. The predicted octanol–water partition coefficient (Wildman–Crippen LogP) is -2.54. The molecule has 15 nitrogen and oxygen atoms in total. The Bertz CT molecular complexity index is 784. The van der Waals surface area contributed by atoms with Gasteiger partial charge in [0.1, 0.15) is 61.0 Å². The van der Waals surface area contributed by atoms with Gasteiger partial charge in [-0.2, -0.15) is 0 Å². The average molecular weight is 628 g/mol. The van der Waals surface area contributed by atoms with Gasteiger partial charge >= 0.3 is 0 Å². The first-order valence-electron chi connectivity index (χ1n) is 15.5. The van der Waals surface area contributed by atoms with Crippen molar-refractivity contribution < 1.29 is 69.3 Å². The summed E-state index contributed by atoms with van der Waals surface area (Å²) < 4.78 is 34.5. The fourth-order valence-electron chi connectivity index (χ4n) is 5.45. The van der Waals surface area contributed by atoms with Crippen LogP contribution in [-0.4, -0.2) is 159 Å². The highest BCUT2D eigenvalue weighted by atomic mass is 16.8. The van der Waals surface area contributed by atoms with Gasteiger partial charge in [-0.3, -0.25) is 0 Å². The molecule has 9 N–H and O–H groups in total. The first-order chi connectivity index (χ1) is 20.5. The van der Waals surface area contributed by atoms with E-state index in [-0.39, 0.29) is 6.61 Å². The topological polar surface area (TPSA) is 229 Å². The van der Waals surface area contributed by atoms with E-state index in [4.69, 9.17) is 28.4 Å². The third-order valence-corrected chi connectivity index (χ3v) is 8.26. The Hall–Kier alpha value is -0.600. The minimum absolute atomic E-state index is 0.134. The zero-order valence-corrected chi connectivity index (χ0v) is 25.3. The smallest absolute Gasteiger partial charge is 0.187 e. The summed E-state index contributed by atoms with van der Waals surface area (Å²) in [6, 6.07) is 0. The summed E-state index contributed by atoms with van der Waals surface area (Å²) in [6.45, 7) is 5.85. The molecule has 0 aromatic carbocycles. The van der Waals surface area contributed by atoms with Gasteiger partial charge in [-0.15, -0.1) is 0 Å². The SMILES string of the molecule is CCCCCCCCNCCO[C@@H]1O[C@H](CO)[C@@H](O[C@@H]2O[C@@H](C)[C@H](O)[C@@H](O)[C@H]2O)[C@H](O)[C@H]1O[C@@H]1O[C@@H](C)[C@H](O)[C@@H](O)[C@H]1O. The first kappa shape index (κ1) is 36.9. The van der Waals surface area contributed by atoms with Gasteiger partial charge in [0.2, 0.25) is 0 Å². The van der Waals surface area contributed by atoms with Gasteiger partial charge in [0.15, 0.2) is 18.9 Å².